The molecule has 0 spiro atoms. The van der Waals surface area contributed by atoms with Crippen LogP contribution in [0.2, 0.25) is 0 Å². The third-order valence-corrected chi connectivity index (χ3v) is 3.22. The van der Waals surface area contributed by atoms with Crippen molar-refractivity contribution in [1.29, 1.82) is 0 Å². The smallest absolute Gasteiger partial charge is 0.343 e. The lowest BCUT2D eigenvalue weighted by Crippen LogP contribution is -1.97. The van der Waals surface area contributed by atoms with Crippen molar-refractivity contribution in [3.8, 4) is 5.75 Å². The van der Waals surface area contributed by atoms with Crippen molar-refractivity contribution in [3.05, 3.63) is 77.4 Å². The minimum atomic E-state index is -0.329. The molecule has 1 aliphatic rings. The molecule has 0 radical (unpaired) electrons. The summed E-state index contributed by atoms with van der Waals surface area (Å²) >= 11 is 0. The molecule has 1 heterocycles. The molecule has 0 unspecified atom stereocenters. The van der Waals surface area contributed by atoms with E-state index in [1.807, 2.05) is 60.7 Å². The van der Waals surface area contributed by atoms with Crippen molar-refractivity contribution in [2.24, 2.45) is 0 Å². The fourth-order valence-corrected chi connectivity index (χ4v) is 2.12. The first-order valence-electron chi connectivity index (χ1n) is 6.61. The first kappa shape index (κ1) is 13.2. The second kappa shape index (κ2) is 5.67. The van der Waals surface area contributed by atoms with Crippen LogP contribution in [0.1, 0.15) is 11.1 Å². The van der Waals surface area contributed by atoms with E-state index in [9.17, 15) is 4.79 Å². The minimum absolute atomic E-state index is 0.329. The molecule has 0 saturated carbocycles. The van der Waals surface area contributed by atoms with E-state index < -0.39 is 0 Å². The van der Waals surface area contributed by atoms with Crippen molar-refractivity contribution in [3.63, 3.8) is 0 Å². The molecule has 0 aromatic heterocycles. The number of benzene rings is 2. The highest BCUT2D eigenvalue weighted by Crippen LogP contribution is 2.28. The molecule has 2 aromatic carbocycles. The van der Waals surface area contributed by atoms with Crippen LogP contribution in [-0.4, -0.2) is 13.1 Å². The monoisotopic (exact) mass is 278 g/mol. The summed E-state index contributed by atoms with van der Waals surface area (Å²) in [4.78, 5) is 11.9. The zero-order chi connectivity index (χ0) is 14.7. The lowest BCUT2D eigenvalue weighted by atomic mass is 10.1. The van der Waals surface area contributed by atoms with Gasteiger partial charge in [0, 0.05) is 5.56 Å². The summed E-state index contributed by atoms with van der Waals surface area (Å²) in [6.07, 6.45) is 3.58. The molecule has 0 fully saturated rings. The van der Waals surface area contributed by atoms with Crippen molar-refractivity contribution in [2.75, 3.05) is 7.11 Å². The normalized spacial score (nSPS) is 15.8. The summed E-state index contributed by atoms with van der Waals surface area (Å²) in [5.41, 5.74) is 2.37. The van der Waals surface area contributed by atoms with Gasteiger partial charge in [0.1, 0.15) is 11.5 Å². The molecule has 0 bridgehead atoms. The van der Waals surface area contributed by atoms with Crippen LogP contribution < -0.4 is 4.74 Å². The molecule has 0 saturated heterocycles. The Bertz CT molecular complexity index is 710. The Morgan fingerprint density at radius 2 is 1.71 bits per heavy atom. The van der Waals surface area contributed by atoms with Crippen LogP contribution in [0.3, 0.4) is 0 Å². The van der Waals surface area contributed by atoms with Crippen molar-refractivity contribution < 1.29 is 14.3 Å². The van der Waals surface area contributed by atoms with Crippen LogP contribution in [0.5, 0.6) is 5.75 Å². The van der Waals surface area contributed by atoms with E-state index in [-0.39, 0.29) is 5.97 Å². The quantitative estimate of drug-likeness (QED) is 0.634. The molecule has 104 valence electrons. The molecular weight excluding hydrogens is 264 g/mol. The summed E-state index contributed by atoms with van der Waals surface area (Å²) in [7, 11) is 1.62. The Hall–Kier alpha value is -2.81. The zero-order valence-electron chi connectivity index (χ0n) is 11.6. The molecule has 2 aromatic rings. The Kier molecular flexibility index (Phi) is 3.56. The van der Waals surface area contributed by atoms with Gasteiger partial charge in [0.2, 0.25) is 0 Å². The van der Waals surface area contributed by atoms with Gasteiger partial charge in [0.25, 0.3) is 0 Å². The van der Waals surface area contributed by atoms with E-state index in [0.29, 0.717) is 11.3 Å². The third kappa shape index (κ3) is 2.87. The topological polar surface area (TPSA) is 35.5 Å². The first-order valence-corrected chi connectivity index (χ1v) is 6.61. The zero-order valence-corrected chi connectivity index (χ0v) is 11.6. The fraction of sp³-hybridized carbons (Fsp3) is 0.0556. The maximum absolute atomic E-state index is 11.9. The number of hydrogen-bond donors (Lipinski definition) is 0. The van der Waals surface area contributed by atoms with Crippen LogP contribution >= 0.6 is 0 Å². The molecule has 0 amide bonds. The van der Waals surface area contributed by atoms with E-state index in [1.54, 1.807) is 13.2 Å². The largest absolute Gasteiger partial charge is 0.497 e. The standard InChI is InChI=1S/C18H14O3/c1-20-16-9-7-14(8-10-16)17-12-15(18(19)21-17)11-13-5-3-2-4-6-13/h2-12H,1H3/b15-11+. The average Bonchev–Trinajstić information content (AvgIpc) is 2.89. The van der Waals surface area contributed by atoms with Crippen LogP contribution in [0, 0.1) is 0 Å². The van der Waals surface area contributed by atoms with Gasteiger partial charge in [-0.15, -0.1) is 0 Å². The SMILES string of the molecule is COc1ccc(C2=C/C(=C\c3ccccc3)C(=O)O2)cc1. The molecule has 1 aliphatic heterocycles. The second-order valence-corrected chi connectivity index (χ2v) is 4.64. The van der Waals surface area contributed by atoms with Gasteiger partial charge >= 0.3 is 5.97 Å². The van der Waals surface area contributed by atoms with Crippen molar-refractivity contribution in [2.45, 2.75) is 0 Å². The van der Waals surface area contributed by atoms with Crippen LogP contribution in [0.25, 0.3) is 11.8 Å². The number of rotatable bonds is 3. The molecule has 3 nitrogen and oxygen atoms in total. The maximum Gasteiger partial charge on any atom is 0.343 e. The van der Waals surface area contributed by atoms with E-state index in [4.69, 9.17) is 9.47 Å². The summed E-state index contributed by atoms with van der Waals surface area (Å²) in [5.74, 6) is 0.998. The van der Waals surface area contributed by atoms with E-state index in [2.05, 4.69) is 0 Å². The van der Waals surface area contributed by atoms with Gasteiger partial charge in [-0.25, -0.2) is 4.79 Å². The second-order valence-electron chi connectivity index (χ2n) is 4.64. The maximum atomic E-state index is 11.9. The number of hydrogen-bond acceptors (Lipinski definition) is 3. The molecule has 0 N–H and O–H groups in total. The van der Waals surface area contributed by atoms with E-state index in [0.717, 1.165) is 16.9 Å². The number of carbonyl (C=O) groups excluding carboxylic acids is 1. The molecule has 0 aliphatic carbocycles. The number of carbonyl (C=O) groups is 1. The van der Waals surface area contributed by atoms with E-state index >= 15 is 0 Å². The highest BCUT2D eigenvalue weighted by Gasteiger charge is 2.21. The first-order chi connectivity index (χ1) is 10.3. The van der Waals surface area contributed by atoms with Crippen molar-refractivity contribution in [1.82, 2.24) is 0 Å². The summed E-state index contributed by atoms with van der Waals surface area (Å²) in [5, 5.41) is 0. The van der Waals surface area contributed by atoms with Crippen LogP contribution in [-0.2, 0) is 9.53 Å². The summed E-state index contributed by atoms with van der Waals surface area (Å²) in [6, 6.07) is 17.1. The summed E-state index contributed by atoms with van der Waals surface area (Å²) < 4.78 is 10.4. The molecule has 3 heteroatoms. The third-order valence-electron chi connectivity index (χ3n) is 3.22. The predicted octanol–water partition coefficient (Wildman–Crippen LogP) is 3.68. The molecule has 21 heavy (non-hydrogen) atoms. The number of cyclic esters (lactones) is 1. The Morgan fingerprint density at radius 1 is 1.00 bits per heavy atom. The summed E-state index contributed by atoms with van der Waals surface area (Å²) in [6.45, 7) is 0. The lowest BCUT2D eigenvalue weighted by Gasteiger charge is -2.03. The fourth-order valence-electron chi connectivity index (χ4n) is 2.12. The molecular formula is C18H14O3. The van der Waals surface area contributed by atoms with Gasteiger partial charge in [-0.05, 0) is 42.0 Å². The molecule has 0 atom stereocenters. The average molecular weight is 278 g/mol. The molecule has 3 rings (SSSR count). The van der Waals surface area contributed by atoms with Gasteiger partial charge in [0.15, 0.2) is 0 Å². The highest BCUT2D eigenvalue weighted by atomic mass is 16.5. The number of esters is 1. The highest BCUT2D eigenvalue weighted by molar-refractivity contribution is 6.05. The lowest BCUT2D eigenvalue weighted by molar-refractivity contribution is -0.130. The van der Waals surface area contributed by atoms with Gasteiger partial charge in [-0.1, -0.05) is 30.3 Å². The van der Waals surface area contributed by atoms with Crippen molar-refractivity contribution >= 4 is 17.8 Å². The van der Waals surface area contributed by atoms with E-state index in [1.165, 1.54) is 0 Å². The van der Waals surface area contributed by atoms with Crippen LogP contribution in [0.15, 0.2) is 66.2 Å². The van der Waals surface area contributed by atoms with Crippen LogP contribution in [0.4, 0.5) is 0 Å². The van der Waals surface area contributed by atoms with Gasteiger partial charge in [-0.3, -0.25) is 0 Å². The Balaban J connectivity index is 1.89. The number of ether oxygens (including phenoxy) is 2. The Morgan fingerprint density at radius 3 is 2.38 bits per heavy atom. The predicted molar refractivity (Wildman–Crippen MR) is 81.5 cm³/mol. The van der Waals surface area contributed by atoms with Gasteiger partial charge in [-0.2, -0.15) is 0 Å². The van der Waals surface area contributed by atoms with Gasteiger partial charge in [0.05, 0.1) is 12.7 Å². The Labute approximate surface area is 123 Å². The minimum Gasteiger partial charge on any atom is -0.497 e. The van der Waals surface area contributed by atoms with Gasteiger partial charge < -0.3 is 9.47 Å². The number of methoxy groups -OCH3 is 1.